The van der Waals surface area contributed by atoms with Gasteiger partial charge in [-0.2, -0.15) is 5.10 Å². The van der Waals surface area contributed by atoms with Crippen LogP contribution in [0.15, 0.2) is 36.8 Å². The topological polar surface area (TPSA) is 78.9 Å². The lowest BCUT2D eigenvalue weighted by atomic mass is 10.2. The third kappa shape index (κ3) is 2.08. The van der Waals surface area contributed by atoms with Crippen molar-refractivity contribution in [1.29, 1.82) is 0 Å². The number of nitrogens with zero attached hydrogens (tertiary/aromatic N) is 4. The van der Waals surface area contributed by atoms with Crippen LogP contribution in [0.25, 0.3) is 11.0 Å². The Hall–Kier alpha value is -2.63. The minimum Gasteiger partial charge on any atom is -0.497 e. The number of nitrogens with two attached hydrogens (primary N) is 1. The molecule has 0 radical (unpaired) electrons. The fourth-order valence-corrected chi connectivity index (χ4v) is 1.93. The maximum atomic E-state index is 5.78. The van der Waals surface area contributed by atoms with Gasteiger partial charge in [-0.1, -0.05) is 12.1 Å². The van der Waals surface area contributed by atoms with E-state index in [-0.39, 0.29) is 0 Å². The van der Waals surface area contributed by atoms with Crippen LogP contribution in [0.2, 0.25) is 0 Å². The number of fused-ring (bicyclic) bond motifs is 1. The molecule has 0 saturated carbocycles. The largest absolute Gasteiger partial charge is 0.497 e. The van der Waals surface area contributed by atoms with Gasteiger partial charge in [0.25, 0.3) is 0 Å². The summed E-state index contributed by atoms with van der Waals surface area (Å²) >= 11 is 0. The Morgan fingerprint density at radius 2 is 2.00 bits per heavy atom. The Morgan fingerprint density at radius 3 is 2.74 bits per heavy atom. The summed E-state index contributed by atoms with van der Waals surface area (Å²) in [6, 6.07) is 7.84. The quantitative estimate of drug-likeness (QED) is 0.766. The first-order valence-electron chi connectivity index (χ1n) is 5.83. The van der Waals surface area contributed by atoms with Gasteiger partial charge in [0.05, 0.1) is 25.2 Å². The van der Waals surface area contributed by atoms with Crippen molar-refractivity contribution in [2.75, 3.05) is 12.8 Å². The van der Waals surface area contributed by atoms with Gasteiger partial charge in [0, 0.05) is 0 Å². The number of hydrogen-bond acceptors (Lipinski definition) is 5. The second kappa shape index (κ2) is 4.56. The van der Waals surface area contributed by atoms with Crippen molar-refractivity contribution in [2.24, 2.45) is 0 Å². The van der Waals surface area contributed by atoms with Crippen molar-refractivity contribution in [3.63, 3.8) is 0 Å². The van der Waals surface area contributed by atoms with Gasteiger partial charge >= 0.3 is 0 Å². The molecule has 96 valence electrons. The SMILES string of the molecule is COc1ccc(Cn2ncc3c(N)ncnc32)cc1. The first-order valence-corrected chi connectivity index (χ1v) is 5.83. The molecule has 1 aromatic carbocycles. The molecule has 0 saturated heterocycles. The molecule has 2 N–H and O–H groups in total. The molecular formula is C13H13N5O. The van der Waals surface area contributed by atoms with E-state index in [1.807, 2.05) is 24.3 Å². The molecule has 2 heterocycles. The maximum absolute atomic E-state index is 5.78. The first-order chi connectivity index (χ1) is 9.28. The molecule has 0 fully saturated rings. The van der Waals surface area contributed by atoms with E-state index in [2.05, 4.69) is 15.1 Å². The Balaban J connectivity index is 1.94. The number of aromatic nitrogens is 4. The van der Waals surface area contributed by atoms with Crippen molar-refractivity contribution in [1.82, 2.24) is 19.7 Å². The van der Waals surface area contributed by atoms with E-state index in [0.717, 1.165) is 22.3 Å². The number of anilines is 1. The summed E-state index contributed by atoms with van der Waals surface area (Å²) in [6.45, 7) is 0.629. The molecule has 3 rings (SSSR count). The van der Waals surface area contributed by atoms with Crippen molar-refractivity contribution < 1.29 is 4.74 Å². The molecule has 6 heteroatoms. The van der Waals surface area contributed by atoms with Gasteiger partial charge < -0.3 is 10.5 Å². The van der Waals surface area contributed by atoms with Gasteiger partial charge in [-0.15, -0.1) is 0 Å². The van der Waals surface area contributed by atoms with Gasteiger partial charge in [-0.25, -0.2) is 14.6 Å². The van der Waals surface area contributed by atoms with E-state index in [0.29, 0.717) is 12.4 Å². The van der Waals surface area contributed by atoms with Crippen LogP contribution in [-0.4, -0.2) is 26.9 Å². The van der Waals surface area contributed by atoms with Crippen molar-refractivity contribution in [3.8, 4) is 5.75 Å². The standard InChI is InChI=1S/C13H13N5O/c1-19-10-4-2-9(3-5-10)7-18-13-11(6-17-18)12(14)15-8-16-13/h2-6,8H,7H2,1H3,(H2,14,15,16). The highest BCUT2D eigenvalue weighted by Crippen LogP contribution is 2.17. The molecule has 0 bridgehead atoms. The Labute approximate surface area is 109 Å². The molecule has 0 spiro atoms. The average molecular weight is 255 g/mol. The summed E-state index contributed by atoms with van der Waals surface area (Å²) in [5, 5.41) is 5.07. The van der Waals surface area contributed by atoms with Crippen LogP contribution in [0, 0.1) is 0 Å². The second-order valence-electron chi connectivity index (χ2n) is 4.15. The molecule has 0 aliphatic rings. The molecule has 0 unspecified atom stereocenters. The number of benzene rings is 1. The fraction of sp³-hybridized carbons (Fsp3) is 0.154. The van der Waals surface area contributed by atoms with Crippen LogP contribution in [0.1, 0.15) is 5.56 Å². The monoisotopic (exact) mass is 255 g/mol. The van der Waals surface area contributed by atoms with E-state index >= 15 is 0 Å². The third-order valence-corrected chi connectivity index (χ3v) is 2.96. The smallest absolute Gasteiger partial charge is 0.163 e. The molecular weight excluding hydrogens is 242 g/mol. The zero-order chi connectivity index (χ0) is 13.2. The van der Waals surface area contributed by atoms with Crippen molar-refractivity contribution >= 4 is 16.9 Å². The second-order valence-corrected chi connectivity index (χ2v) is 4.15. The van der Waals surface area contributed by atoms with Gasteiger partial charge in [0.1, 0.15) is 17.9 Å². The molecule has 0 aliphatic carbocycles. The molecule has 2 aromatic heterocycles. The highest BCUT2D eigenvalue weighted by molar-refractivity contribution is 5.84. The maximum Gasteiger partial charge on any atom is 0.163 e. The van der Waals surface area contributed by atoms with Crippen LogP contribution in [-0.2, 0) is 6.54 Å². The van der Waals surface area contributed by atoms with Gasteiger partial charge in [0.2, 0.25) is 0 Å². The Kier molecular flexibility index (Phi) is 2.75. The van der Waals surface area contributed by atoms with Crippen molar-refractivity contribution in [2.45, 2.75) is 6.54 Å². The molecule has 6 nitrogen and oxygen atoms in total. The van der Waals surface area contributed by atoms with Crippen LogP contribution < -0.4 is 10.5 Å². The zero-order valence-electron chi connectivity index (χ0n) is 10.4. The lowest BCUT2D eigenvalue weighted by Gasteiger charge is -2.05. The predicted octanol–water partition coefficient (Wildman–Crippen LogP) is 1.47. The summed E-state index contributed by atoms with van der Waals surface area (Å²) in [4.78, 5) is 8.16. The zero-order valence-corrected chi connectivity index (χ0v) is 10.4. The number of hydrogen-bond donors (Lipinski definition) is 1. The van der Waals surface area contributed by atoms with Gasteiger partial charge in [-0.05, 0) is 17.7 Å². The van der Waals surface area contributed by atoms with Crippen molar-refractivity contribution in [3.05, 3.63) is 42.4 Å². The molecule has 0 atom stereocenters. The van der Waals surface area contributed by atoms with Crippen LogP contribution in [0.5, 0.6) is 5.75 Å². The van der Waals surface area contributed by atoms with E-state index in [1.54, 1.807) is 18.0 Å². The molecule has 0 amide bonds. The molecule has 19 heavy (non-hydrogen) atoms. The average Bonchev–Trinajstić information content (AvgIpc) is 2.84. The normalized spacial score (nSPS) is 10.8. The summed E-state index contributed by atoms with van der Waals surface area (Å²) in [6.07, 6.45) is 3.14. The van der Waals surface area contributed by atoms with Crippen LogP contribution >= 0.6 is 0 Å². The highest BCUT2D eigenvalue weighted by Gasteiger charge is 2.07. The fourth-order valence-electron chi connectivity index (χ4n) is 1.93. The number of nitrogen functional groups attached to an aromatic ring is 1. The van der Waals surface area contributed by atoms with E-state index in [1.165, 1.54) is 6.33 Å². The molecule has 0 aliphatic heterocycles. The Morgan fingerprint density at radius 1 is 1.21 bits per heavy atom. The number of ether oxygens (including phenoxy) is 1. The number of methoxy groups -OCH3 is 1. The predicted molar refractivity (Wildman–Crippen MR) is 71.8 cm³/mol. The minimum absolute atomic E-state index is 0.450. The van der Waals surface area contributed by atoms with E-state index in [9.17, 15) is 0 Å². The van der Waals surface area contributed by atoms with Crippen LogP contribution in [0.3, 0.4) is 0 Å². The highest BCUT2D eigenvalue weighted by atomic mass is 16.5. The lowest BCUT2D eigenvalue weighted by Crippen LogP contribution is -2.03. The summed E-state index contributed by atoms with van der Waals surface area (Å²) in [7, 11) is 1.65. The lowest BCUT2D eigenvalue weighted by molar-refractivity contribution is 0.414. The number of rotatable bonds is 3. The Bertz CT molecular complexity index is 705. The first kappa shape index (κ1) is 11.5. The minimum atomic E-state index is 0.450. The third-order valence-electron chi connectivity index (χ3n) is 2.96. The van der Waals surface area contributed by atoms with Gasteiger partial charge in [-0.3, -0.25) is 0 Å². The molecule has 3 aromatic rings. The van der Waals surface area contributed by atoms with Gasteiger partial charge in [0.15, 0.2) is 5.65 Å². The van der Waals surface area contributed by atoms with Crippen LogP contribution in [0.4, 0.5) is 5.82 Å². The summed E-state index contributed by atoms with van der Waals surface area (Å²) in [5.41, 5.74) is 7.63. The summed E-state index contributed by atoms with van der Waals surface area (Å²) in [5.74, 6) is 1.28. The van der Waals surface area contributed by atoms with E-state index < -0.39 is 0 Å². The summed E-state index contributed by atoms with van der Waals surface area (Å²) < 4.78 is 6.93. The van der Waals surface area contributed by atoms with E-state index in [4.69, 9.17) is 10.5 Å².